The zero-order valence-electron chi connectivity index (χ0n) is 17.1. The summed E-state index contributed by atoms with van der Waals surface area (Å²) in [5.41, 5.74) is 12.6. The number of benzene rings is 1. The van der Waals surface area contributed by atoms with Crippen molar-refractivity contribution in [2.75, 3.05) is 0 Å². The second-order valence-corrected chi connectivity index (χ2v) is 9.92. The van der Waals surface area contributed by atoms with Gasteiger partial charge in [-0.15, -0.1) is 0 Å². The Labute approximate surface area is 178 Å². The molecule has 0 saturated carbocycles. The molecular weight excluding hydrogens is 445 g/mol. The van der Waals surface area contributed by atoms with Crippen molar-refractivity contribution in [3.8, 4) is 11.3 Å². The Morgan fingerprint density at radius 2 is 1.85 bits per heavy atom. The standard InChI is InChI=1S/C23H32IN3/c1-16-6-11-21(26-14-16)19-9-7-18(8-10-19)12-20(25)22(24)27-15-17(2)13-23(3,4)5/h6-11,14-15,20,22,27H,12-13,25H2,1-5H3/b17-15+. The van der Waals surface area contributed by atoms with E-state index in [1.165, 1.54) is 16.7 Å². The summed E-state index contributed by atoms with van der Waals surface area (Å²) in [5, 5.41) is 3.46. The number of aromatic nitrogens is 1. The summed E-state index contributed by atoms with van der Waals surface area (Å²) in [6.45, 7) is 11.0. The van der Waals surface area contributed by atoms with Gasteiger partial charge in [-0.05, 0) is 55.5 Å². The van der Waals surface area contributed by atoms with Crippen LogP contribution in [0.15, 0.2) is 54.4 Å². The van der Waals surface area contributed by atoms with Crippen molar-refractivity contribution >= 4 is 22.6 Å². The highest BCUT2D eigenvalue weighted by molar-refractivity contribution is 14.1. The quantitative estimate of drug-likeness (QED) is 0.309. The molecule has 0 spiro atoms. The number of nitrogens with two attached hydrogens (primary N) is 1. The van der Waals surface area contributed by atoms with E-state index >= 15 is 0 Å². The molecule has 0 saturated heterocycles. The Balaban J connectivity index is 1.92. The van der Waals surface area contributed by atoms with Gasteiger partial charge in [-0.25, -0.2) is 0 Å². The number of aryl methyl sites for hydroxylation is 1. The Kier molecular flexibility index (Phi) is 7.86. The molecule has 146 valence electrons. The van der Waals surface area contributed by atoms with Crippen molar-refractivity contribution in [1.82, 2.24) is 10.3 Å². The van der Waals surface area contributed by atoms with Crippen LogP contribution < -0.4 is 11.1 Å². The van der Waals surface area contributed by atoms with E-state index in [4.69, 9.17) is 5.73 Å². The Bertz CT molecular complexity index is 743. The van der Waals surface area contributed by atoms with Crippen molar-refractivity contribution < 1.29 is 0 Å². The number of allylic oxidation sites excluding steroid dienone is 1. The zero-order valence-corrected chi connectivity index (χ0v) is 19.2. The van der Waals surface area contributed by atoms with Crippen LogP contribution in [0.25, 0.3) is 11.3 Å². The van der Waals surface area contributed by atoms with Crippen LogP contribution in [-0.2, 0) is 6.42 Å². The molecule has 0 radical (unpaired) electrons. The number of alkyl halides is 1. The molecule has 1 aromatic heterocycles. The summed E-state index contributed by atoms with van der Waals surface area (Å²) in [5.74, 6) is 0. The van der Waals surface area contributed by atoms with Crippen molar-refractivity contribution in [2.45, 2.75) is 57.6 Å². The first-order valence-electron chi connectivity index (χ1n) is 9.47. The first kappa shape index (κ1) is 21.9. The fourth-order valence-corrected chi connectivity index (χ4v) is 3.49. The van der Waals surface area contributed by atoms with Gasteiger partial charge in [-0.3, -0.25) is 4.98 Å². The molecule has 1 aromatic carbocycles. The first-order chi connectivity index (χ1) is 12.6. The van der Waals surface area contributed by atoms with E-state index < -0.39 is 0 Å². The summed E-state index contributed by atoms with van der Waals surface area (Å²) in [6, 6.07) is 12.8. The zero-order chi connectivity index (χ0) is 20.0. The van der Waals surface area contributed by atoms with Gasteiger partial charge >= 0.3 is 0 Å². The lowest BCUT2D eigenvalue weighted by Gasteiger charge is -2.21. The van der Waals surface area contributed by atoms with Crippen molar-refractivity contribution in [2.24, 2.45) is 11.1 Å². The first-order valence-corrected chi connectivity index (χ1v) is 10.7. The third-order valence-electron chi connectivity index (χ3n) is 4.31. The molecule has 2 atom stereocenters. The predicted octanol–water partition coefficient (Wildman–Crippen LogP) is 5.62. The highest BCUT2D eigenvalue weighted by atomic mass is 127. The van der Waals surface area contributed by atoms with Crippen molar-refractivity contribution in [3.05, 3.63) is 65.5 Å². The van der Waals surface area contributed by atoms with Crippen LogP contribution in [0.4, 0.5) is 0 Å². The number of pyridine rings is 1. The second kappa shape index (κ2) is 9.69. The lowest BCUT2D eigenvalue weighted by atomic mass is 9.89. The van der Waals surface area contributed by atoms with Crippen LogP contribution in [0.1, 0.15) is 45.2 Å². The van der Waals surface area contributed by atoms with E-state index in [1.54, 1.807) is 0 Å². The summed E-state index contributed by atoms with van der Waals surface area (Å²) in [4.78, 5) is 4.49. The Hall–Kier alpha value is -1.40. The number of hydrogen-bond acceptors (Lipinski definition) is 3. The predicted molar refractivity (Wildman–Crippen MR) is 125 cm³/mol. The van der Waals surface area contributed by atoms with Crippen LogP contribution >= 0.6 is 22.6 Å². The fraction of sp³-hybridized carbons (Fsp3) is 0.435. The van der Waals surface area contributed by atoms with Gasteiger partial charge in [0.05, 0.1) is 9.74 Å². The molecule has 0 aliphatic heterocycles. The molecule has 1 heterocycles. The van der Waals surface area contributed by atoms with Crippen LogP contribution in [0.2, 0.25) is 0 Å². The van der Waals surface area contributed by atoms with Crippen LogP contribution in [0.3, 0.4) is 0 Å². The third kappa shape index (κ3) is 7.62. The Morgan fingerprint density at radius 3 is 2.41 bits per heavy atom. The lowest BCUT2D eigenvalue weighted by molar-refractivity contribution is 0.408. The van der Waals surface area contributed by atoms with E-state index in [0.29, 0.717) is 5.41 Å². The van der Waals surface area contributed by atoms with Crippen LogP contribution in [0.5, 0.6) is 0 Å². The van der Waals surface area contributed by atoms with Gasteiger partial charge in [-0.1, -0.05) is 79.3 Å². The van der Waals surface area contributed by atoms with Crippen molar-refractivity contribution in [1.29, 1.82) is 0 Å². The largest absolute Gasteiger partial charge is 0.378 e. The normalized spacial score (nSPS) is 14.7. The smallest absolute Gasteiger partial charge is 0.0932 e. The van der Waals surface area contributed by atoms with Gasteiger partial charge in [0.2, 0.25) is 0 Å². The van der Waals surface area contributed by atoms with Gasteiger partial charge in [0, 0.05) is 17.8 Å². The minimum Gasteiger partial charge on any atom is -0.378 e. The van der Waals surface area contributed by atoms with Gasteiger partial charge in [0.1, 0.15) is 0 Å². The number of rotatable bonds is 7. The van der Waals surface area contributed by atoms with Gasteiger partial charge in [0.15, 0.2) is 0 Å². The number of nitrogens with one attached hydrogen (secondary N) is 1. The van der Waals surface area contributed by atoms with E-state index in [0.717, 1.165) is 24.1 Å². The molecule has 3 nitrogen and oxygen atoms in total. The number of hydrogen-bond donors (Lipinski definition) is 2. The Morgan fingerprint density at radius 1 is 1.19 bits per heavy atom. The lowest BCUT2D eigenvalue weighted by Crippen LogP contribution is -2.40. The molecule has 0 aliphatic carbocycles. The summed E-state index contributed by atoms with van der Waals surface area (Å²) < 4.78 is 0.191. The minimum atomic E-state index is 0.0487. The van der Waals surface area contributed by atoms with E-state index in [1.807, 2.05) is 6.20 Å². The monoisotopic (exact) mass is 477 g/mol. The van der Waals surface area contributed by atoms with Crippen LogP contribution in [-0.4, -0.2) is 15.1 Å². The summed E-state index contributed by atoms with van der Waals surface area (Å²) in [6.07, 6.45) is 5.94. The molecule has 0 aliphatic rings. The topological polar surface area (TPSA) is 50.9 Å². The average Bonchev–Trinajstić information content (AvgIpc) is 2.59. The molecule has 3 N–H and O–H groups in total. The molecule has 0 amide bonds. The van der Waals surface area contributed by atoms with Crippen molar-refractivity contribution in [3.63, 3.8) is 0 Å². The third-order valence-corrected chi connectivity index (χ3v) is 5.59. The average molecular weight is 477 g/mol. The maximum atomic E-state index is 6.42. The highest BCUT2D eigenvalue weighted by Gasteiger charge is 2.15. The van der Waals surface area contributed by atoms with Crippen LogP contribution in [0, 0.1) is 12.3 Å². The highest BCUT2D eigenvalue weighted by Crippen LogP contribution is 2.23. The molecule has 0 bridgehead atoms. The number of halogens is 1. The molecule has 4 heteroatoms. The van der Waals surface area contributed by atoms with E-state index in [9.17, 15) is 0 Å². The summed E-state index contributed by atoms with van der Waals surface area (Å²) in [7, 11) is 0. The van der Waals surface area contributed by atoms with Gasteiger partial charge < -0.3 is 11.1 Å². The maximum absolute atomic E-state index is 6.42. The molecule has 2 rings (SSSR count). The molecule has 2 aromatic rings. The fourth-order valence-electron chi connectivity index (χ4n) is 3.06. The van der Waals surface area contributed by atoms with Gasteiger partial charge in [0.25, 0.3) is 0 Å². The van der Waals surface area contributed by atoms with E-state index in [-0.39, 0.29) is 10.1 Å². The number of nitrogens with zero attached hydrogens (tertiary/aromatic N) is 1. The molecule has 0 fully saturated rings. The molecule has 2 unspecified atom stereocenters. The molecular formula is C23H32IN3. The maximum Gasteiger partial charge on any atom is 0.0932 e. The minimum absolute atomic E-state index is 0.0487. The SMILES string of the molecule is C/C(=C\NC(I)C(N)Cc1ccc(-c2ccc(C)cn2)cc1)CC(C)(C)C. The molecule has 27 heavy (non-hydrogen) atoms. The second-order valence-electron chi connectivity index (χ2n) is 8.58. The summed E-state index contributed by atoms with van der Waals surface area (Å²) >= 11 is 2.39. The van der Waals surface area contributed by atoms with Gasteiger partial charge in [-0.2, -0.15) is 0 Å². The van der Waals surface area contributed by atoms with E-state index in [2.05, 4.69) is 110 Å².